The number of H-pyrrole nitrogens is 2. The molecule has 0 fully saturated rings. The van der Waals surface area contributed by atoms with Crippen LogP contribution in [-0.4, -0.2) is 28.0 Å². The van der Waals surface area contributed by atoms with E-state index < -0.39 is 5.97 Å². The third kappa shape index (κ3) is 2.39. The van der Waals surface area contributed by atoms with Crippen LogP contribution in [0.3, 0.4) is 0 Å². The zero-order chi connectivity index (χ0) is 15.7. The maximum Gasteiger partial charge on any atom is 0.337 e. The van der Waals surface area contributed by atoms with Gasteiger partial charge < -0.3 is 14.7 Å². The lowest BCUT2D eigenvalue weighted by Gasteiger charge is -2.04. The molecule has 0 unspecified atom stereocenters. The van der Waals surface area contributed by atoms with Crippen LogP contribution in [0.2, 0.25) is 0 Å². The third-order valence-electron chi connectivity index (χ3n) is 3.18. The van der Waals surface area contributed by atoms with Crippen LogP contribution in [0.5, 0.6) is 0 Å². The molecule has 2 N–H and O–H groups in total. The number of esters is 1. The van der Waals surface area contributed by atoms with E-state index in [1.807, 2.05) is 0 Å². The van der Waals surface area contributed by atoms with E-state index in [4.69, 9.17) is 0 Å². The molecule has 0 amide bonds. The molecule has 0 bridgehead atoms. The van der Waals surface area contributed by atoms with Crippen molar-refractivity contribution < 1.29 is 9.53 Å². The number of nitrogens with zero attached hydrogens (tertiary/aromatic N) is 1. The Balaban J connectivity index is 2.24. The summed E-state index contributed by atoms with van der Waals surface area (Å²) in [6.07, 6.45) is 1.47. The van der Waals surface area contributed by atoms with Crippen molar-refractivity contribution >= 4 is 16.9 Å². The molecule has 0 saturated heterocycles. The minimum absolute atomic E-state index is 0.255. The Morgan fingerprint density at radius 2 is 2.00 bits per heavy atom. The number of hydrogen-bond acceptors (Lipinski definition) is 5. The highest BCUT2D eigenvalue weighted by atomic mass is 16.5. The van der Waals surface area contributed by atoms with Gasteiger partial charge in [-0.15, -0.1) is 0 Å². The zero-order valence-corrected chi connectivity index (χ0v) is 11.5. The first-order valence-electron chi connectivity index (χ1n) is 6.40. The Bertz CT molecular complexity index is 988. The summed E-state index contributed by atoms with van der Waals surface area (Å²) in [5.74, 6) is -0.257. The van der Waals surface area contributed by atoms with Crippen molar-refractivity contribution in [2.45, 2.75) is 0 Å². The summed E-state index contributed by atoms with van der Waals surface area (Å²) in [5, 5.41) is 0.348. The van der Waals surface area contributed by atoms with Gasteiger partial charge in [0.25, 0.3) is 5.56 Å². The molecule has 3 rings (SSSR count). The van der Waals surface area contributed by atoms with Crippen LogP contribution in [0.4, 0.5) is 0 Å². The molecule has 2 heterocycles. The van der Waals surface area contributed by atoms with Crippen LogP contribution in [0, 0.1) is 0 Å². The second-order valence-electron chi connectivity index (χ2n) is 4.58. The van der Waals surface area contributed by atoms with E-state index in [2.05, 4.69) is 19.7 Å². The van der Waals surface area contributed by atoms with Gasteiger partial charge in [0.1, 0.15) is 5.82 Å². The van der Waals surface area contributed by atoms with Gasteiger partial charge in [-0.25, -0.2) is 9.78 Å². The Morgan fingerprint density at radius 1 is 1.18 bits per heavy atom. The molecular formula is C15H11N3O4. The summed E-state index contributed by atoms with van der Waals surface area (Å²) in [7, 11) is 1.28. The number of benzene rings is 1. The highest BCUT2D eigenvalue weighted by Gasteiger charge is 2.10. The standard InChI is InChI=1S/C15H11N3O4/c1-22-15(21)9-2-3-10-11(6-9)17-13(18-14(10)20)8-4-5-16-12(19)7-8/h2-7H,1H3,(H,16,19)(H,17,18,20). The molecule has 7 nitrogen and oxygen atoms in total. The average molecular weight is 297 g/mol. The molecule has 0 aliphatic heterocycles. The number of carbonyl (C=O) groups is 1. The number of aromatic nitrogens is 3. The van der Waals surface area contributed by atoms with E-state index in [9.17, 15) is 14.4 Å². The normalized spacial score (nSPS) is 10.6. The van der Waals surface area contributed by atoms with Crippen LogP contribution in [0.25, 0.3) is 22.3 Å². The second-order valence-corrected chi connectivity index (χ2v) is 4.58. The molecule has 3 aromatic rings. The highest BCUT2D eigenvalue weighted by Crippen LogP contribution is 2.16. The van der Waals surface area contributed by atoms with Gasteiger partial charge in [0.15, 0.2) is 0 Å². The van der Waals surface area contributed by atoms with Crippen molar-refractivity contribution in [3.05, 3.63) is 62.8 Å². The summed E-state index contributed by atoms with van der Waals surface area (Å²) in [6, 6.07) is 7.43. The quantitative estimate of drug-likeness (QED) is 0.688. The minimum atomic E-state index is -0.512. The Labute approximate surface area is 123 Å². The maximum atomic E-state index is 12.1. The van der Waals surface area contributed by atoms with Gasteiger partial charge in [-0.05, 0) is 24.3 Å². The van der Waals surface area contributed by atoms with Crippen LogP contribution >= 0.6 is 0 Å². The molecule has 22 heavy (non-hydrogen) atoms. The molecule has 1 aromatic carbocycles. The number of methoxy groups -OCH3 is 1. The largest absolute Gasteiger partial charge is 0.465 e. The van der Waals surface area contributed by atoms with Crippen LogP contribution in [-0.2, 0) is 4.74 Å². The molecule has 2 aromatic heterocycles. The Hall–Kier alpha value is -3.22. The summed E-state index contributed by atoms with van der Waals surface area (Å²) >= 11 is 0. The third-order valence-corrected chi connectivity index (χ3v) is 3.18. The van der Waals surface area contributed by atoms with E-state index in [0.29, 0.717) is 22.0 Å². The van der Waals surface area contributed by atoms with E-state index in [1.54, 1.807) is 6.07 Å². The van der Waals surface area contributed by atoms with E-state index in [1.165, 1.54) is 37.6 Å². The van der Waals surface area contributed by atoms with Gasteiger partial charge in [0, 0.05) is 17.8 Å². The number of ether oxygens (including phenoxy) is 1. The summed E-state index contributed by atoms with van der Waals surface area (Å²) < 4.78 is 4.65. The van der Waals surface area contributed by atoms with Gasteiger partial charge in [0.05, 0.1) is 23.6 Å². The smallest absolute Gasteiger partial charge is 0.337 e. The van der Waals surface area contributed by atoms with Crippen LogP contribution < -0.4 is 11.1 Å². The number of nitrogens with one attached hydrogen (secondary N) is 2. The fraction of sp³-hybridized carbons (Fsp3) is 0.0667. The molecule has 0 spiro atoms. The van der Waals surface area contributed by atoms with E-state index in [0.717, 1.165) is 0 Å². The molecule has 0 aliphatic rings. The Kier molecular flexibility index (Phi) is 3.30. The minimum Gasteiger partial charge on any atom is -0.465 e. The number of hydrogen-bond donors (Lipinski definition) is 2. The van der Waals surface area contributed by atoms with Crippen molar-refractivity contribution in [2.24, 2.45) is 0 Å². The topological polar surface area (TPSA) is 105 Å². The van der Waals surface area contributed by atoms with Gasteiger partial charge in [-0.2, -0.15) is 0 Å². The first-order chi connectivity index (χ1) is 10.6. The molecule has 7 heteroatoms. The first kappa shape index (κ1) is 13.7. The Morgan fingerprint density at radius 3 is 2.73 bits per heavy atom. The SMILES string of the molecule is COC(=O)c1ccc2c(=O)[nH]c(-c3cc[nH]c(=O)c3)nc2c1. The number of carbonyl (C=O) groups excluding carboxylic acids is 1. The number of aromatic amines is 2. The summed E-state index contributed by atoms with van der Waals surface area (Å²) in [5.41, 5.74) is 0.471. The monoisotopic (exact) mass is 297 g/mol. The lowest BCUT2D eigenvalue weighted by molar-refractivity contribution is 0.0601. The van der Waals surface area contributed by atoms with Gasteiger partial charge in [-0.3, -0.25) is 9.59 Å². The molecule has 0 saturated carbocycles. The lowest BCUT2D eigenvalue weighted by atomic mass is 10.1. The molecular weight excluding hydrogens is 286 g/mol. The van der Waals surface area contributed by atoms with E-state index in [-0.39, 0.29) is 16.9 Å². The summed E-state index contributed by atoms with van der Waals surface area (Å²) in [6.45, 7) is 0. The fourth-order valence-electron chi connectivity index (χ4n) is 2.11. The van der Waals surface area contributed by atoms with E-state index >= 15 is 0 Å². The van der Waals surface area contributed by atoms with Crippen molar-refractivity contribution in [3.8, 4) is 11.4 Å². The number of pyridine rings is 1. The predicted molar refractivity (Wildman–Crippen MR) is 79.8 cm³/mol. The van der Waals surface area contributed by atoms with Crippen LogP contribution in [0.15, 0.2) is 46.1 Å². The number of rotatable bonds is 2. The van der Waals surface area contributed by atoms with Gasteiger partial charge >= 0.3 is 5.97 Å². The van der Waals surface area contributed by atoms with Crippen molar-refractivity contribution in [1.29, 1.82) is 0 Å². The molecule has 0 atom stereocenters. The second kappa shape index (κ2) is 5.28. The van der Waals surface area contributed by atoms with Crippen molar-refractivity contribution in [1.82, 2.24) is 15.0 Å². The lowest BCUT2D eigenvalue weighted by Crippen LogP contribution is -2.12. The molecule has 0 aliphatic carbocycles. The van der Waals surface area contributed by atoms with Gasteiger partial charge in [-0.1, -0.05) is 0 Å². The zero-order valence-electron chi connectivity index (χ0n) is 11.5. The summed E-state index contributed by atoms with van der Waals surface area (Å²) in [4.78, 5) is 44.4. The maximum absolute atomic E-state index is 12.1. The predicted octanol–water partition coefficient (Wildman–Crippen LogP) is 1.06. The fourth-order valence-corrected chi connectivity index (χ4v) is 2.11. The van der Waals surface area contributed by atoms with Crippen LogP contribution in [0.1, 0.15) is 10.4 Å². The van der Waals surface area contributed by atoms with Crippen molar-refractivity contribution in [2.75, 3.05) is 7.11 Å². The molecule has 0 radical (unpaired) electrons. The first-order valence-corrected chi connectivity index (χ1v) is 6.40. The van der Waals surface area contributed by atoms with Crippen molar-refractivity contribution in [3.63, 3.8) is 0 Å². The van der Waals surface area contributed by atoms with Gasteiger partial charge in [0.2, 0.25) is 5.56 Å². The average Bonchev–Trinajstić information content (AvgIpc) is 2.53. The molecule has 110 valence electrons. The number of fused-ring (bicyclic) bond motifs is 1. The highest BCUT2D eigenvalue weighted by molar-refractivity contribution is 5.94.